The molecular weight excluding hydrogens is 574 g/mol. The van der Waals surface area contributed by atoms with Crippen LogP contribution in [-0.2, 0) is 19.0 Å². The minimum atomic E-state index is -0.591. The van der Waals surface area contributed by atoms with Crippen molar-refractivity contribution in [2.45, 2.75) is 63.7 Å². The SMILES string of the molecule is C[C@]12CC[C@@H](O)[C@@](C)(CO)C1CCC1(CO1)C2CC(Nc1ccccn1)C1=CC(=Cc2cnc(N3CCOCC3)nc2)OC1=O. The number of allylic oxidation sites excluding steroid dienone is 1. The number of fused-ring (bicyclic) bond motifs is 1. The van der Waals surface area contributed by atoms with Crippen LogP contribution in [0.15, 0.2) is 54.2 Å². The first kappa shape index (κ1) is 30.3. The standard InChI is InChI=1S/C34H43N5O6/c1-32-8-7-28(41)33(2,20-40)26(32)6-9-34(21-44-34)27(32)17-25(38-29-5-3-4-10-35-29)24-16-23(45-30(24)42)15-22-18-36-31(37-19-22)39-11-13-43-14-12-39/h3-5,10,15-16,18-19,25-28,40-41H,6-9,11-14,17,20-21H2,1-2H3,(H,35,38)/t25?,26?,27?,28-,32+,33+,34?/m1/s1. The summed E-state index contributed by atoms with van der Waals surface area (Å²) in [4.78, 5) is 29.2. The highest BCUT2D eigenvalue weighted by atomic mass is 16.6. The number of carbonyl (C=O) groups excluding carboxylic acids is 1. The fraction of sp³-hybridized carbons (Fsp3) is 0.588. The summed E-state index contributed by atoms with van der Waals surface area (Å²) in [6, 6.07) is 5.27. The van der Waals surface area contributed by atoms with Crippen molar-refractivity contribution < 1.29 is 29.2 Å². The van der Waals surface area contributed by atoms with E-state index in [2.05, 4.69) is 32.1 Å². The highest BCUT2D eigenvalue weighted by molar-refractivity contribution is 5.95. The minimum Gasteiger partial charge on any atom is -0.423 e. The molecule has 7 rings (SSSR count). The molecule has 3 aliphatic heterocycles. The van der Waals surface area contributed by atoms with E-state index in [1.165, 1.54) is 0 Å². The molecule has 0 amide bonds. The Morgan fingerprint density at radius 2 is 1.91 bits per heavy atom. The van der Waals surface area contributed by atoms with Gasteiger partial charge < -0.3 is 34.6 Å². The lowest BCUT2D eigenvalue weighted by Crippen LogP contribution is -2.61. The molecule has 0 bridgehead atoms. The van der Waals surface area contributed by atoms with Crippen LogP contribution in [-0.4, -0.2) is 88.4 Å². The van der Waals surface area contributed by atoms with Gasteiger partial charge in [0.2, 0.25) is 5.95 Å². The number of nitrogens with one attached hydrogen (secondary N) is 1. The molecular formula is C34H43N5O6. The van der Waals surface area contributed by atoms with E-state index in [0.717, 1.165) is 37.9 Å². The van der Waals surface area contributed by atoms with Crippen molar-refractivity contribution in [3.63, 3.8) is 0 Å². The van der Waals surface area contributed by atoms with Gasteiger partial charge in [-0.3, -0.25) is 0 Å². The number of anilines is 2. The number of hydrogen-bond donors (Lipinski definition) is 3. The van der Waals surface area contributed by atoms with Gasteiger partial charge in [0.1, 0.15) is 11.6 Å². The molecule has 4 fully saturated rings. The van der Waals surface area contributed by atoms with Gasteiger partial charge in [-0.15, -0.1) is 0 Å². The van der Waals surface area contributed by atoms with E-state index < -0.39 is 23.5 Å². The molecule has 11 heteroatoms. The van der Waals surface area contributed by atoms with E-state index in [-0.39, 0.29) is 29.5 Å². The third kappa shape index (κ3) is 5.54. The normalized spacial score (nSPS) is 36.0. The predicted molar refractivity (Wildman–Crippen MR) is 167 cm³/mol. The Hall–Kier alpha value is -3.38. The van der Waals surface area contributed by atoms with Gasteiger partial charge in [-0.2, -0.15) is 0 Å². The summed E-state index contributed by atoms with van der Waals surface area (Å²) in [7, 11) is 0. The van der Waals surface area contributed by atoms with E-state index in [1.807, 2.05) is 31.2 Å². The highest BCUT2D eigenvalue weighted by Gasteiger charge is 2.67. The molecule has 1 spiro atoms. The zero-order valence-electron chi connectivity index (χ0n) is 26.0. The molecule has 5 heterocycles. The van der Waals surface area contributed by atoms with Gasteiger partial charge in [-0.05, 0) is 73.6 Å². The Kier molecular flexibility index (Phi) is 7.92. The second-order valence-electron chi connectivity index (χ2n) is 13.8. The Morgan fingerprint density at radius 1 is 1.13 bits per heavy atom. The highest BCUT2D eigenvalue weighted by Crippen LogP contribution is 2.66. The third-order valence-corrected chi connectivity index (χ3v) is 11.3. The Balaban J connectivity index is 1.19. The third-order valence-electron chi connectivity index (χ3n) is 11.3. The maximum Gasteiger partial charge on any atom is 0.341 e. The average molecular weight is 618 g/mol. The first-order chi connectivity index (χ1) is 21.7. The molecule has 2 saturated heterocycles. The summed E-state index contributed by atoms with van der Waals surface area (Å²) in [6.07, 6.45) is 12.1. The van der Waals surface area contributed by atoms with Gasteiger partial charge in [0.05, 0.1) is 49.7 Å². The summed E-state index contributed by atoms with van der Waals surface area (Å²) < 4.78 is 17.5. The van der Waals surface area contributed by atoms with Crippen LogP contribution in [0.4, 0.5) is 11.8 Å². The molecule has 4 unspecified atom stereocenters. The zero-order valence-corrected chi connectivity index (χ0v) is 26.0. The molecule has 11 nitrogen and oxygen atoms in total. The van der Waals surface area contributed by atoms with Crippen molar-refractivity contribution in [1.82, 2.24) is 15.0 Å². The first-order valence-corrected chi connectivity index (χ1v) is 16.1. The number of carbonyl (C=O) groups is 1. The number of epoxide rings is 1. The largest absolute Gasteiger partial charge is 0.423 e. The molecule has 45 heavy (non-hydrogen) atoms. The molecule has 2 aromatic rings. The molecule has 2 aliphatic carbocycles. The van der Waals surface area contributed by atoms with Crippen LogP contribution in [0, 0.1) is 22.7 Å². The van der Waals surface area contributed by atoms with Crippen LogP contribution in [0.1, 0.15) is 51.5 Å². The van der Waals surface area contributed by atoms with Crippen LogP contribution in [0.5, 0.6) is 0 Å². The number of ether oxygens (including phenoxy) is 3. The van der Waals surface area contributed by atoms with Crippen molar-refractivity contribution in [2.75, 3.05) is 49.7 Å². The maximum absolute atomic E-state index is 13.5. The van der Waals surface area contributed by atoms with Gasteiger partial charge in [0.15, 0.2) is 0 Å². The van der Waals surface area contributed by atoms with Crippen LogP contribution < -0.4 is 10.2 Å². The molecule has 2 aromatic heterocycles. The number of morpholine rings is 1. The number of aliphatic hydroxyl groups is 2. The topological polar surface area (TPSA) is 142 Å². The van der Waals surface area contributed by atoms with E-state index in [1.54, 1.807) is 24.7 Å². The molecule has 3 N–H and O–H groups in total. The monoisotopic (exact) mass is 617 g/mol. The van der Waals surface area contributed by atoms with E-state index in [0.29, 0.717) is 55.8 Å². The van der Waals surface area contributed by atoms with E-state index >= 15 is 0 Å². The molecule has 240 valence electrons. The fourth-order valence-corrected chi connectivity index (χ4v) is 8.66. The quantitative estimate of drug-likeness (QED) is 0.297. The molecule has 0 radical (unpaired) electrons. The van der Waals surface area contributed by atoms with Crippen LogP contribution >= 0.6 is 0 Å². The summed E-state index contributed by atoms with van der Waals surface area (Å²) in [5, 5.41) is 25.1. The predicted octanol–water partition coefficient (Wildman–Crippen LogP) is 3.36. The number of aromatic nitrogens is 3. The van der Waals surface area contributed by atoms with Crippen molar-refractivity contribution in [3.05, 3.63) is 59.8 Å². The number of cyclic esters (lactones) is 1. The minimum absolute atomic E-state index is 0.0621. The number of esters is 1. The Labute approximate surface area is 263 Å². The lowest BCUT2D eigenvalue weighted by Gasteiger charge is -2.61. The lowest BCUT2D eigenvalue weighted by molar-refractivity contribution is -0.177. The number of hydrogen-bond acceptors (Lipinski definition) is 11. The Bertz CT molecular complexity index is 1460. The summed E-state index contributed by atoms with van der Waals surface area (Å²) in [6.45, 7) is 7.76. The summed E-state index contributed by atoms with van der Waals surface area (Å²) in [5.74, 6) is 1.57. The summed E-state index contributed by atoms with van der Waals surface area (Å²) in [5.41, 5.74) is 0.206. The van der Waals surface area contributed by atoms with Crippen molar-refractivity contribution in [2.24, 2.45) is 22.7 Å². The van der Waals surface area contributed by atoms with Gasteiger partial charge in [-0.25, -0.2) is 19.7 Å². The molecule has 2 saturated carbocycles. The number of aliphatic hydroxyl groups excluding tert-OH is 2. The van der Waals surface area contributed by atoms with Gasteiger partial charge >= 0.3 is 5.97 Å². The lowest BCUT2D eigenvalue weighted by atomic mass is 9.44. The van der Waals surface area contributed by atoms with Gasteiger partial charge in [-0.1, -0.05) is 19.9 Å². The second-order valence-corrected chi connectivity index (χ2v) is 13.8. The maximum atomic E-state index is 13.5. The van der Waals surface area contributed by atoms with Crippen LogP contribution in [0.25, 0.3) is 6.08 Å². The zero-order chi connectivity index (χ0) is 31.2. The molecule has 0 aromatic carbocycles. The van der Waals surface area contributed by atoms with E-state index in [9.17, 15) is 15.0 Å². The molecule has 7 atom stereocenters. The van der Waals surface area contributed by atoms with Crippen molar-refractivity contribution in [1.29, 1.82) is 0 Å². The number of nitrogens with zero attached hydrogens (tertiary/aromatic N) is 4. The smallest absolute Gasteiger partial charge is 0.341 e. The van der Waals surface area contributed by atoms with E-state index in [4.69, 9.17) is 14.2 Å². The van der Waals surface area contributed by atoms with Gasteiger partial charge in [0, 0.05) is 42.7 Å². The summed E-state index contributed by atoms with van der Waals surface area (Å²) >= 11 is 0. The van der Waals surface area contributed by atoms with Crippen molar-refractivity contribution >= 4 is 23.8 Å². The number of pyridine rings is 1. The number of rotatable bonds is 8. The van der Waals surface area contributed by atoms with Gasteiger partial charge in [0.25, 0.3) is 0 Å². The first-order valence-electron chi connectivity index (χ1n) is 16.1. The molecule has 5 aliphatic rings. The second kappa shape index (κ2) is 11.8. The van der Waals surface area contributed by atoms with Crippen LogP contribution in [0.2, 0.25) is 0 Å². The van der Waals surface area contributed by atoms with Crippen molar-refractivity contribution in [3.8, 4) is 0 Å². The van der Waals surface area contributed by atoms with Crippen LogP contribution in [0.3, 0.4) is 0 Å². The average Bonchev–Trinajstić information content (AvgIpc) is 3.74. The fourth-order valence-electron chi connectivity index (χ4n) is 8.66. The Morgan fingerprint density at radius 3 is 2.60 bits per heavy atom.